The maximum Gasteiger partial charge on any atom is 0.423 e. The number of hydrogen-bond donors (Lipinski definition) is 3. The van der Waals surface area contributed by atoms with E-state index in [-0.39, 0.29) is 0 Å². The Kier molecular flexibility index (Phi) is 1.82. The van der Waals surface area contributed by atoms with Crippen molar-refractivity contribution in [3.8, 4) is 17.5 Å². The van der Waals surface area contributed by atoms with E-state index in [9.17, 15) is 4.79 Å². The van der Waals surface area contributed by atoms with Gasteiger partial charge < -0.3 is 20.1 Å². The fraction of sp³-hybridized carbons (Fsp3) is 0.167. The van der Waals surface area contributed by atoms with Gasteiger partial charge in [0.1, 0.15) is 0 Å². The molecule has 0 aliphatic carbocycles. The van der Waals surface area contributed by atoms with Gasteiger partial charge >= 0.3 is 6.09 Å². The minimum absolute atomic E-state index is 0.426. The lowest BCUT2D eigenvalue weighted by Gasteiger charge is -2.01. The van der Waals surface area contributed by atoms with Crippen LogP contribution in [0.3, 0.4) is 0 Å². The first-order valence-corrected chi connectivity index (χ1v) is 2.99. The molecule has 0 fully saturated rings. The van der Waals surface area contributed by atoms with Crippen LogP contribution < -0.4 is 0 Å². The third kappa shape index (κ3) is 1.03. The predicted molar refractivity (Wildman–Crippen MR) is 37.2 cm³/mol. The van der Waals surface area contributed by atoms with E-state index < -0.39 is 23.6 Å². The van der Waals surface area contributed by atoms with Crippen molar-refractivity contribution < 1.29 is 24.9 Å². The third-order valence-electron chi connectivity index (χ3n) is 1.29. The zero-order valence-corrected chi connectivity index (χ0v) is 6.18. The maximum atomic E-state index is 10.8. The van der Waals surface area contributed by atoms with Gasteiger partial charge in [0.15, 0.2) is 5.75 Å². The molecule has 0 aromatic carbocycles. The second-order valence-corrected chi connectivity index (χ2v) is 2.02. The van der Waals surface area contributed by atoms with Crippen LogP contribution in [0, 0.1) is 0 Å². The van der Waals surface area contributed by atoms with E-state index in [0.29, 0.717) is 4.57 Å². The highest BCUT2D eigenvalue weighted by Gasteiger charge is 2.18. The average molecular weight is 173 g/mol. The molecule has 0 atom stereocenters. The third-order valence-corrected chi connectivity index (χ3v) is 1.29. The number of aromatic nitrogens is 1. The number of carbonyl (C=O) groups is 1. The highest BCUT2D eigenvalue weighted by Crippen LogP contribution is 2.32. The van der Waals surface area contributed by atoms with Crippen molar-refractivity contribution in [3.05, 3.63) is 6.07 Å². The highest BCUT2D eigenvalue weighted by molar-refractivity contribution is 5.76. The van der Waals surface area contributed by atoms with Gasteiger partial charge in [-0.2, -0.15) is 4.57 Å². The zero-order chi connectivity index (χ0) is 9.30. The molecular weight excluding hydrogens is 166 g/mol. The summed E-state index contributed by atoms with van der Waals surface area (Å²) in [6, 6.07) is 0.826. The molecule has 0 aliphatic heterocycles. The van der Waals surface area contributed by atoms with Gasteiger partial charge in [-0.1, -0.05) is 0 Å². The van der Waals surface area contributed by atoms with Crippen LogP contribution >= 0.6 is 0 Å². The number of ether oxygens (including phenoxy) is 1. The van der Waals surface area contributed by atoms with E-state index in [1.54, 1.807) is 0 Å². The van der Waals surface area contributed by atoms with Gasteiger partial charge in [-0.05, 0) is 0 Å². The van der Waals surface area contributed by atoms with Gasteiger partial charge in [0.05, 0.1) is 7.11 Å². The maximum absolute atomic E-state index is 10.8. The highest BCUT2D eigenvalue weighted by atomic mass is 16.5. The summed E-state index contributed by atoms with van der Waals surface area (Å²) in [5.41, 5.74) is 0. The summed E-state index contributed by atoms with van der Waals surface area (Å²) in [5, 5.41) is 26.8. The molecule has 66 valence electrons. The number of hydrogen-bond acceptors (Lipinski definition) is 5. The van der Waals surface area contributed by atoms with Gasteiger partial charge in [0.2, 0.25) is 11.8 Å². The minimum atomic E-state index is -0.981. The van der Waals surface area contributed by atoms with Crippen LogP contribution in [0.25, 0.3) is 0 Å². The lowest BCUT2D eigenvalue weighted by Crippen LogP contribution is -2.09. The quantitative estimate of drug-likeness (QED) is 0.521. The number of aromatic hydroxyl groups is 3. The van der Waals surface area contributed by atoms with Crippen molar-refractivity contribution in [1.29, 1.82) is 0 Å². The van der Waals surface area contributed by atoms with E-state index in [1.165, 1.54) is 0 Å². The van der Waals surface area contributed by atoms with Gasteiger partial charge in [0.25, 0.3) is 0 Å². The molecule has 12 heavy (non-hydrogen) atoms. The molecule has 0 radical (unpaired) electrons. The molecular formula is C6H7NO5. The minimum Gasteiger partial charge on any atom is -0.503 e. The summed E-state index contributed by atoms with van der Waals surface area (Å²) in [6.07, 6.45) is -0.981. The summed E-state index contributed by atoms with van der Waals surface area (Å²) in [5.74, 6) is -1.92. The van der Waals surface area contributed by atoms with Crippen LogP contribution in [0.1, 0.15) is 0 Å². The largest absolute Gasteiger partial charge is 0.503 e. The zero-order valence-electron chi connectivity index (χ0n) is 6.18. The molecule has 0 bridgehead atoms. The first kappa shape index (κ1) is 8.25. The van der Waals surface area contributed by atoms with Crippen molar-refractivity contribution in [2.24, 2.45) is 0 Å². The van der Waals surface area contributed by atoms with E-state index in [4.69, 9.17) is 15.3 Å². The number of carbonyl (C=O) groups excluding carboxylic acids is 1. The van der Waals surface area contributed by atoms with E-state index in [2.05, 4.69) is 4.74 Å². The summed E-state index contributed by atoms with van der Waals surface area (Å²) < 4.78 is 4.63. The molecule has 1 heterocycles. The summed E-state index contributed by atoms with van der Waals surface area (Å²) in [4.78, 5) is 10.8. The Morgan fingerprint density at radius 1 is 1.50 bits per heavy atom. The average Bonchev–Trinajstić information content (AvgIpc) is 2.26. The molecule has 0 saturated carbocycles. The smallest absolute Gasteiger partial charge is 0.423 e. The van der Waals surface area contributed by atoms with Crippen molar-refractivity contribution in [2.45, 2.75) is 0 Å². The molecule has 6 nitrogen and oxygen atoms in total. The molecule has 1 aromatic heterocycles. The van der Waals surface area contributed by atoms with Crippen LogP contribution in [-0.2, 0) is 4.74 Å². The molecule has 6 heteroatoms. The van der Waals surface area contributed by atoms with Gasteiger partial charge in [-0.3, -0.25) is 0 Å². The Hall–Kier alpha value is -1.85. The van der Waals surface area contributed by atoms with Crippen LogP contribution in [0.2, 0.25) is 0 Å². The molecule has 0 amide bonds. The van der Waals surface area contributed by atoms with E-state index in [1.807, 2.05) is 0 Å². The fourth-order valence-corrected chi connectivity index (χ4v) is 0.746. The van der Waals surface area contributed by atoms with Crippen molar-refractivity contribution in [3.63, 3.8) is 0 Å². The summed E-state index contributed by atoms with van der Waals surface area (Å²) in [6.45, 7) is 0. The van der Waals surface area contributed by atoms with Crippen LogP contribution in [0.15, 0.2) is 6.07 Å². The monoisotopic (exact) mass is 173 g/mol. The fourth-order valence-electron chi connectivity index (χ4n) is 0.746. The second-order valence-electron chi connectivity index (χ2n) is 2.02. The van der Waals surface area contributed by atoms with Crippen molar-refractivity contribution in [1.82, 2.24) is 4.57 Å². The molecule has 3 N–H and O–H groups in total. The Labute approximate surface area is 67.2 Å². The van der Waals surface area contributed by atoms with Crippen LogP contribution in [-0.4, -0.2) is 33.1 Å². The van der Waals surface area contributed by atoms with E-state index >= 15 is 0 Å². The van der Waals surface area contributed by atoms with Crippen molar-refractivity contribution in [2.75, 3.05) is 7.11 Å². The lowest BCUT2D eigenvalue weighted by atomic mass is 10.6. The number of nitrogens with zero attached hydrogens (tertiary/aromatic N) is 1. The topological polar surface area (TPSA) is 91.9 Å². The first-order valence-electron chi connectivity index (χ1n) is 2.99. The standard InChI is InChI=1S/C6H7NO5/c1-12-6(11)7-4(9)2-3(8)5(7)10/h2,8-10H,1H3. The summed E-state index contributed by atoms with van der Waals surface area (Å²) in [7, 11) is 1.08. The molecule has 0 unspecified atom stereocenters. The molecule has 0 spiro atoms. The normalized spacial score (nSPS) is 9.75. The second kappa shape index (κ2) is 2.65. The van der Waals surface area contributed by atoms with Gasteiger partial charge in [-0.15, -0.1) is 0 Å². The van der Waals surface area contributed by atoms with Crippen LogP contribution in [0.5, 0.6) is 17.5 Å². The Bertz CT molecular complexity index is 316. The first-order chi connectivity index (χ1) is 5.57. The molecule has 1 rings (SSSR count). The SMILES string of the molecule is COC(=O)n1c(O)cc(O)c1O. The van der Waals surface area contributed by atoms with E-state index in [0.717, 1.165) is 13.2 Å². The number of methoxy groups -OCH3 is 1. The van der Waals surface area contributed by atoms with Crippen molar-refractivity contribution >= 4 is 6.09 Å². The Morgan fingerprint density at radius 2 is 2.08 bits per heavy atom. The van der Waals surface area contributed by atoms with Gasteiger partial charge in [0, 0.05) is 6.07 Å². The van der Waals surface area contributed by atoms with Crippen LogP contribution in [0.4, 0.5) is 4.79 Å². The Morgan fingerprint density at radius 3 is 2.42 bits per heavy atom. The number of rotatable bonds is 0. The predicted octanol–water partition coefficient (Wildman–Crippen LogP) is 0.219. The molecule has 1 aromatic rings. The lowest BCUT2D eigenvalue weighted by molar-refractivity contribution is 0.166. The van der Waals surface area contributed by atoms with Gasteiger partial charge in [-0.25, -0.2) is 4.79 Å². The summed E-state index contributed by atoms with van der Waals surface area (Å²) >= 11 is 0. The molecule has 0 saturated heterocycles. The Balaban J connectivity index is 3.22. The molecule has 0 aliphatic rings.